The molecule has 0 radical (unpaired) electrons. The van der Waals surface area contributed by atoms with Crippen molar-refractivity contribution in [2.45, 2.75) is 25.7 Å². The van der Waals surface area contributed by atoms with E-state index in [9.17, 15) is 27.6 Å². The van der Waals surface area contributed by atoms with Crippen molar-refractivity contribution >= 4 is 23.5 Å². The number of ether oxygens (including phenoxy) is 2. The molecule has 0 aromatic heterocycles. The second-order valence-corrected chi connectivity index (χ2v) is 4.82. The summed E-state index contributed by atoms with van der Waals surface area (Å²) in [5, 5.41) is 3.55. The molecule has 25 heavy (non-hydrogen) atoms. The van der Waals surface area contributed by atoms with E-state index in [1.807, 2.05) is 0 Å². The van der Waals surface area contributed by atoms with Crippen LogP contribution in [-0.2, 0) is 14.3 Å². The Balaban J connectivity index is 3.05. The second kappa shape index (κ2) is 7.97. The lowest BCUT2D eigenvalue weighted by atomic mass is 10.1. The summed E-state index contributed by atoms with van der Waals surface area (Å²) in [7, 11) is 0.612. The third kappa shape index (κ3) is 4.69. The van der Waals surface area contributed by atoms with Gasteiger partial charge in [-0.1, -0.05) is 12.1 Å². The highest BCUT2D eigenvalue weighted by molar-refractivity contribution is 5.97. The fraction of sp³-hybridized carbons (Fsp3) is 0.400. The van der Waals surface area contributed by atoms with Crippen LogP contribution in [0.15, 0.2) is 24.3 Å². The van der Waals surface area contributed by atoms with Crippen molar-refractivity contribution in [2.75, 3.05) is 19.0 Å². The number of nitrogens with one attached hydrogen (secondary N) is 2. The minimum atomic E-state index is -5.27. The Morgan fingerprint density at radius 2 is 1.84 bits per heavy atom. The van der Waals surface area contributed by atoms with E-state index in [0.717, 1.165) is 0 Å². The predicted octanol–water partition coefficient (Wildman–Crippen LogP) is 2.48. The molecule has 7 nitrogen and oxygen atoms in total. The molecule has 2 amide bonds. The van der Waals surface area contributed by atoms with Gasteiger partial charge in [0.15, 0.2) is 5.78 Å². The van der Waals surface area contributed by atoms with E-state index in [1.54, 1.807) is 0 Å². The number of ketones is 1. The summed E-state index contributed by atoms with van der Waals surface area (Å²) in [5.74, 6) is -2.10. The van der Waals surface area contributed by atoms with Gasteiger partial charge in [0.05, 0.1) is 6.61 Å². The van der Waals surface area contributed by atoms with Crippen LogP contribution < -0.4 is 10.6 Å². The van der Waals surface area contributed by atoms with Crippen molar-refractivity contribution in [3.63, 3.8) is 0 Å². The third-order valence-electron chi connectivity index (χ3n) is 3.08. The first-order chi connectivity index (χ1) is 11.6. The quantitative estimate of drug-likeness (QED) is 0.461. The molecular formula is C15H17F3N2O5. The Hall–Kier alpha value is -2.62. The van der Waals surface area contributed by atoms with Crippen molar-refractivity contribution < 1.29 is 37.0 Å². The molecule has 0 aliphatic heterocycles. The number of methoxy groups -OCH3 is 1. The molecule has 1 aromatic rings. The molecule has 138 valence electrons. The van der Waals surface area contributed by atoms with E-state index in [1.165, 1.54) is 43.4 Å². The SMILES string of the molecule is CCOC(=O)C(NC(=O)Nc1cccc(C(C)=O)c1)(OC)C(F)(F)F. The fourth-order valence-electron chi connectivity index (χ4n) is 1.86. The number of urea groups is 1. The van der Waals surface area contributed by atoms with E-state index in [-0.39, 0.29) is 23.6 Å². The van der Waals surface area contributed by atoms with Crippen LogP contribution in [0.2, 0.25) is 0 Å². The van der Waals surface area contributed by atoms with E-state index in [2.05, 4.69) is 14.8 Å². The van der Waals surface area contributed by atoms with Crippen LogP contribution in [-0.4, -0.2) is 43.4 Å². The van der Waals surface area contributed by atoms with Gasteiger partial charge in [-0.15, -0.1) is 0 Å². The maximum absolute atomic E-state index is 13.3. The van der Waals surface area contributed by atoms with Crippen molar-refractivity contribution in [1.82, 2.24) is 5.32 Å². The number of alkyl halides is 3. The van der Waals surface area contributed by atoms with Gasteiger partial charge in [0.2, 0.25) is 0 Å². The lowest BCUT2D eigenvalue weighted by Crippen LogP contribution is -2.66. The Kier molecular flexibility index (Phi) is 6.51. The number of anilines is 1. The van der Waals surface area contributed by atoms with Crippen LogP contribution in [0.1, 0.15) is 24.2 Å². The van der Waals surface area contributed by atoms with Gasteiger partial charge in [0.1, 0.15) is 0 Å². The summed E-state index contributed by atoms with van der Waals surface area (Å²) < 4.78 is 48.5. The van der Waals surface area contributed by atoms with Crippen LogP contribution in [0.3, 0.4) is 0 Å². The fourth-order valence-corrected chi connectivity index (χ4v) is 1.86. The van der Waals surface area contributed by atoms with Gasteiger partial charge in [-0.25, -0.2) is 9.59 Å². The summed E-state index contributed by atoms with van der Waals surface area (Å²) in [6.07, 6.45) is -5.27. The molecule has 0 bridgehead atoms. The largest absolute Gasteiger partial charge is 0.462 e. The number of carbonyl (C=O) groups excluding carboxylic acids is 3. The van der Waals surface area contributed by atoms with E-state index in [0.29, 0.717) is 7.11 Å². The Morgan fingerprint density at radius 1 is 1.20 bits per heavy atom. The Morgan fingerprint density at radius 3 is 2.32 bits per heavy atom. The zero-order valence-corrected chi connectivity index (χ0v) is 13.7. The van der Waals surface area contributed by atoms with Crippen LogP contribution in [0.25, 0.3) is 0 Å². The maximum Gasteiger partial charge on any atom is 0.448 e. The molecule has 1 rings (SSSR count). The van der Waals surface area contributed by atoms with Gasteiger partial charge in [0, 0.05) is 18.4 Å². The molecule has 10 heteroatoms. The minimum absolute atomic E-state index is 0.0567. The molecule has 0 fully saturated rings. The molecule has 0 heterocycles. The number of benzene rings is 1. The number of halogens is 3. The van der Waals surface area contributed by atoms with Gasteiger partial charge < -0.3 is 14.8 Å². The molecule has 1 atom stereocenters. The number of Topliss-reactive ketones (excluding diaryl/α,β-unsaturated/α-hetero) is 1. The molecule has 1 unspecified atom stereocenters. The molecule has 0 aliphatic carbocycles. The molecule has 1 aromatic carbocycles. The highest BCUT2D eigenvalue weighted by Crippen LogP contribution is 2.32. The number of amides is 2. The number of rotatable bonds is 6. The van der Waals surface area contributed by atoms with Gasteiger partial charge in [-0.2, -0.15) is 13.2 Å². The first-order valence-corrected chi connectivity index (χ1v) is 7.06. The highest BCUT2D eigenvalue weighted by atomic mass is 19.4. The topological polar surface area (TPSA) is 93.7 Å². The van der Waals surface area contributed by atoms with E-state index in [4.69, 9.17) is 0 Å². The van der Waals surface area contributed by atoms with Crippen LogP contribution >= 0.6 is 0 Å². The second-order valence-electron chi connectivity index (χ2n) is 4.82. The number of carbonyl (C=O) groups is 3. The lowest BCUT2D eigenvalue weighted by Gasteiger charge is -2.32. The van der Waals surface area contributed by atoms with Crippen molar-refractivity contribution in [1.29, 1.82) is 0 Å². The molecular weight excluding hydrogens is 345 g/mol. The maximum atomic E-state index is 13.3. The average Bonchev–Trinajstić information content (AvgIpc) is 2.51. The third-order valence-corrected chi connectivity index (χ3v) is 3.08. The van der Waals surface area contributed by atoms with Crippen molar-refractivity contribution in [3.8, 4) is 0 Å². The predicted molar refractivity (Wildman–Crippen MR) is 81.0 cm³/mol. The van der Waals surface area contributed by atoms with Gasteiger partial charge in [-0.3, -0.25) is 10.1 Å². The summed E-state index contributed by atoms with van der Waals surface area (Å²) in [6.45, 7) is 2.26. The number of hydrogen-bond donors (Lipinski definition) is 2. The number of esters is 1. The normalized spacial score (nSPS) is 13.5. The molecule has 2 N–H and O–H groups in total. The summed E-state index contributed by atoms with van der Waals surface area (Å²) in [5.41, 5.74) is -3.36. The molecule has 0 saturated heterocycles. The lowest BCUT2D eigenvalue weighted by molar-refractivity contribution is -0.276. The standard InChI is InChI=1S/C15H17F3N2O5/c1-4-25-12(22)14(24-3,15(16,17)18)20-13(23)19-11-7-5-6-10(8-11)9(2)21/h5-8H,4H2,1-3H3,(H2,19,20,23). The van der Waals surface area contributed by atoms with Crippen molar-refractivity contribution in [2.24, 2.45) is 0 Å². The monoisotopic (exact) mass is 362 g/mol. The Labute approximate surface area is 141 Å². The first-order valence-electron chi connectivity index (χ1n) is 7.06. The molecule has 0 aliphatic rings. The molecule has 0 spiro atoms. The van der Waals surface area contributed by atoms with E-state index < -0.39 is 23.9 Å². The average molecular weight is 362 g/mol. The van der Waals surface area contributed by atoms with E-state index >= 15 is 0 Å². The van der Waals surface area contributed by atoms with Crippen LogP contribution in [0.4, 0.5) is 23.7 Å². The molecule has 0 saturated carbocycles. The zero-order chi connectivity index (χ0) is 19.3. The minimum Gasteiger partial charge on any atom is -0.462 e. The smallest absolute Gasteiger partial charge is 0.448 e. The first kappa shape index (κ1) is 20.4. The highest BCUT2D eigenvalue weighted by Gasteiger charge is 2.64. The van der Waals surface area contributed by atoms with Gasteiger partial charge in [0.25, 0.3) is 0 Å². The number of hydrogen-bond acceptors (Lipinski definition) is 5. The summed E-state index contributed by atoms with van der Waals surface area (Å²) >= 11 is 0. The van der Waals surface area contributed by atoms with Gasteiger partial charge in [-0.05, 0) is 26.0 Å². The van der Waals surface area contributed by atoms with Crippen LogP contribution in [0, 0.1) is 0 Å². The van der Waals surface area contributed by atoms with Crippen LogP contribution in [0.5, 0.6) is 0 Å². The zero-order valence-electron chi connectivity index (χ0n) is 13.7. The van der Waals surface area contributed by atoms with Crippen molar-refractivity contribution in [3.05, 3.63) is 29.8 Å². The summed E-state index contributed by atoms with van der Waals surface area (Å²) in [6, 6.07) is 4.17. The Bertz CT molecular complexity index is 663. The van der Waals surface area contributed by atoms with Gasteiger partial charge >= 0.3 is 23.9 Å². The summed E-state index contributed by atoms with van der Waals surface area (Å²) in [4.78, 5) is 34.9.